The Labute approximate surface area is 118 Å². The maximum atomic E-state index is 12.1. The standard InChI is InChI=1S/C14H21N3OS/c1-10(13-3-2-4-19-13)16-14(18)9-17-7-11-5-15-6-12(11)8-17/h2-4,10-12,15H,5-9H2,1H3,(H,16,18)/t10?,11-,12+. The molecule has 3 heterocycles. The van der Waals surface area contributed by atoms with Gasteiger partial charge in [0.2, 0.25) is 5.91 Å². The van der Waals surface area contributed by atoms with Gasteiger partial charge in [-0.15, -0.1) is 11.3 Å². The molecular formula is C14H21N3OS. The minimum atomic E-state index is 0.122. The van der Waals surface area contributed by atoms with Gasteiger partial charge in [0.1, 0.15) is 0 Å². The van der Waals surface area contributed by atoms with Crippen LogP contribution in [0.25, 0.3) is 0 Å². The summed E-state index contributed by atoms with van der Waals surface area (Å²) in [4.78, 5) is 15.6. The van der Waals surface area contributed by atoms with Crippen molar-refractivity contribution in [2.45, 2.75) is 13.0 Å². The fourth-order valence-electron chi connectivity index (χ4n) is 3.18. The number of carbonyl (C=O) groups excluding carboxylic acids is 1. The summed E-state index contributed by atoms with van der Waals surface area (Å²) in [5.41, 5.74) is 0. The zero-order chi connectivity index (χ0) is 13.2. The largest absolute Gasteiger partial charge is 0.348 e. The predicted octanol–water partition coefficient (Wildman–Crippen LogP) is 1.08. The van der Waals surface area contributed by atoms with Gasteiger partial charge in [0.25, 0.3) is 0 Å². The van der Waals surface area contributed by atoms with Crippen LogP contribution in [0.3, 0.4) is 0 Å². The highest BCUT2D eigenvalue weighted by molar-refractivity contribution is 7.10. The molecule has 2 fully saturated rings. The van der Waals surface area contributed by atoms with Gasteiger partial charge >= 0.3 is 0 Å². The van der Waals surface area contributed by atoms with Crippen LogP contribution in [0, 0.1) is 11.8 Å². The lowest BCUT2D eigenvalue weighted by Gasteiger charge is -2.18. The lowest BCUT2D eigenvalue weighted by molar-refractivity contribution is -0.122. The molecule has 19 heavy (non-hydrogen) atoms. The quantitative estimate of drug-likeness (QED) is 0.867. The summed E-state index contributed by atoms with van der Waals surface area (Å²) in [6, 6.07) is 4.22. The van der Waals surface area contributed by atoms with Crippen molar-refractivity contribution in [3.63, 3.8) is 0 Å². The first-order valence-electron chi connectivity index (χ1n) is 6.98. The van der Waals surface area contributed by atoms with Crippen LogP contribution in [0.4, 0.5) is 0 Å². The third kappa shape index (κ3) is 2.99. The van der Waals surface area contributed by atoms with Crippen LogP contribution in [-0.4, -0.2) is 43.5 Å². The van der Waals surface area contributed by atoms with Gasteiger partial charge in [-0.3, -0.25) is 9.69 Å². The second-order valence-corrected chi connectivity index (χ2v) is 6.66. The fourth-order valence-corrected chi connectivity index (χ4v) is 3.92. The molecule has 0 spiro atoms. The van der Waals surface area contributed by atoms with Crippen LogP contribution in [-0.2, 0) is 4.79 Å². The van der Waals surface area contributed by atoms with E-state index in [0.29, 0.717) is 6.54 Å². The fraction of sp³-hybridized carbons (Fsp3) is 0.643. The van der Waals surface area contributed by atoms with Gasteiger partial charge in [-0.25, -0.2) is 0 Å². The molecule has 5 heteroatoms. The number of hydrogen-bond acceptors (Lipinski definition) is 4. The Morgan fingerprint density at radius 1 is 1.53 bits per heavy atom. The van der Waals surface area contributed by atoms with E-state index in [-0.39, 0.29) is 11.9 Å². The number of nitrogens with one attached hydrogen (secondary N) is 2. The zero-order valence-electron chi connectivity index (χ0n) is 11.3. The minimum Gasteiger partial charge on any atom is -0.348 e. The molecule has 2 aliphatic rings. The summed E-state index contributed by atoms with van der Waals surface area (Å²) >= 11 is 1.69. The van der Waals surface area contributed by atoms with Gasteiger partial charge in [0.05, 0.1) is 12.6 Å². The highest BCUT2D eigenvalue weighted by atomic mass is 32.1. The maximum absolute atomic E-state index is 12.1. The number of nitrogens with zero attached hydrogens (tertiary/aromatic N) is 1. The van der Waals surface area contributed by atoms with E-state index in [9.17, 15) is 4.79 Å². The van der Waals surface area contributed by atoms with E-state index in [0.717, 1.165) is 38.0 Å². The highest BCUT2D eigenvalue weighted by Gasteiger charge is 2.36. The molecule has 2 saturated heterocycles. The Morgan fingerprint density at radius 3 is 2.89 bits per heavy atom. The minimum absolute atomic E-state index is 0.122. The maximum Gasteiger partial charge on any atom is 0.234 e. The summed E-state index contributed by atoms with van der Waals surface area (Å²) in [6.45, 7) is 6.97. The van der Waals surface area contributed by atoms with Crippen molar-refractivity contribution in [3.05, 3.63) is 22.4 Å². The van der Waals surface area contributed by atoms with Crippen molar-refractivity contribution in [1.29, 1.82) is 0 Å². The molecule has 0 bridgehead atoms. The summed E-state index contributed by atoms with van der Waals surface area (Å²) in [7, 11) is 0. The number of fused-ring (bicyclic) bond motifs is 1. The highest BCUT2D eigenvalue weighted by Crippen LogP contribution is 2.26. The molecule has 1 amide bonds. The van der Waals surface area contributed by atoms with E-state index in [2.05, 4.69) is 21.6 Å². The molecule has 0 saturated carbocycles. The van der Waals surface area contributed by atoms with Crippen molar-refractivity contribution < 1.29 is 4.79 Å². The van der Waals surface area contributed by atoms with Crippen LogP contribution < -0.4 is 10.6 Å². The Bertz CT molecular complexity index is 422. The molecule has 0 radical (unpaired) electrons. The molecule has 1 aromatic rings. The molecule has 2 N–H and O–H groups in total. The monoisotopic (exact) mass is 279 g/mol. The molecule has 0 aromatic carbocycles. The van der Waals surface area contributed by atoms with E-state index >= 15 is 0 Å². The Balaban J connectivity index is 1.47. The first-order chi connectivity index (χ1) is 9.22. The van der Waals surface area contributed by atoms with Gasteiger partial charge in [-0.1, -0.05) is 6.07 Å². The summed E-state index contributed by atoms with van der Waals surface area (Å²) in [5, 5.41) is 8.56. The van der Waals surface area contributed by atoms with Gasteiger partial charge in [0, 0.05) is 18.0 Å². The smallest absolute Gasteiger partial charge is 0.234 e. The molecule has 3 rings (SSSR count). The molecule has 104 valence electrons. The average molecular weight is 279 g/mol. The first kappa shape index (κ1) is 13.1. The first-order valence-corrected chi connectivity index (χ1v) is 7.86. The molecule has 3 atom stereocenters. The molecular weight excluding hydrogens is 258 g/mol. The molecule has 1 unspecified atom stereocenters. The topological polar surface area (TPSA) is 44.4 Å². The van der Waals surface area contributed by atoms with E-state index < -0.39 is 0 Å². The molecule has 0 aliphatic carbocycles. The zero-order valence-corrected chi connectivity index (χ0v) is 12.1. The predicted molar refractivity (Wildman–Crippen MR) is 77.2 cm³/mol. The van der Waals surface area contributed by atoms with Gasteiger partial charge < -0.3 is 10.6 Å². The van der Waals surface area contributed by atoms with E-state index in [4.69, 9.17) is 0 Å². The van der Waals surface area contributed by atoms with Crippen LogP contribution in [0.15, 0.2) is 17.5 Å². The number of likely N-dealkylation sites (tertiary alicyclic amines) is 1. The molecule has 4 nitrogen and oxygen atoms in total. The third-order valence-corrected chi connectivity index (χ3v) is 5.23. The van der Waals surface area contributed by atoms with E-state index in [1.54, 1.807) is 11.3 Å². The SMILES string of the molecule is CC(NC(=O)CN1C[C@H]2CNC[C@H]2C1)c1cccs1. The van der Waals surface area contributed by atoms with Crippen molar-refractivity contribution in [3.8, 4) is 0 Å². The van der Waals surface area contributed by atoms with Crippen molar-refractivity contribution in [2.75, 3.05) is 32.7 Å². The normalized spacial score (nSPS) is 28.3. The molecule has 2 aliphatic heterocycles. The van der Waals surface area contributed by atoms with Gasteiger partial charge in [0.15, 0.2) is 0 Å². The summed E-state index contributed by atoms with van der Waals surface area (Å²) in [6.07, 6.45) is 0. The lowest BCUT2D eigenvalue weighted by Crippen LogP contribution is -2.38. The second-order valence-electron chi connectivity index (χ2n) is 5.68. The number of rotatable bonds is 4. The van der Waals surface area contributed by atoms with Crippen molar-refractivity contribution in [2.24, 2.45) is 11.8 Å². The lowest BCUT2D eigenvalue weighted by atomic mass is 10.0. The van der Waals surface area contributed by atoms with Crippen LogP contribution in [0.5, 0.6) is 0 Å². The van der Waals surface area contributed by atoms with Crippen molar-refractivity contribution in [1.82, 2.24) is 15.5 Å². The Hall–Kier alpha value is -0.910. The Kier molecular flexibility index (Phi) is 3.86. The van der Waals surface area contributed by atoms with E-state index in [1.807, 2.05) is 18.4 Å². The number of thiophene rings is 1. The summed E-state index contributed by atoms with van der Waals surface area (Å²) in [5.74, 6) is 1.65. The van der Waals surface area contributed by atoms with Crippen LogP contribution in [0.1, 0.15) is 17.8 Å². The van der Waals surface area contributed by atoms with Crippen LogP contribution in [0.2, 0.25) is 0 Å². The molecule has 1 aromatic heterocycles. The van der Waals surface area contributed by atoms with Crippen LogP contribution >= 0.6 is 11.3 Å². The van der Waals surface area contributed by atoms with Crippen molar-refractivity contribution >= 4 is 17.2 Å². The Morgan fingerprint density at radius 2 is 2.26 bits per heavy atom. The number of carbonyl (C=O) groups is 1. The second kappa shape index (κ2) is 5.61. The number of hydrogen-bond donors (Lipinski definition) is 2. The number of amides is 1. The van der Waals surface area contributed by atoms with E-state index in [1.165, 1.54) is 4.88 Å². The van der Waals surface area contributed by atoms with Gasteiger partial charge in [-0.2, -0.15) is 0 Å². The van der Waals surface area contributed by atoms with Gasteiger partial charge in [-0.05, 0) is 43.3 Å². The third-order valence-electron chi connectivity index (χ3n) is 4.18. The average Bonchev–Trinajstić information content (AvgIpc) is 3.03. The summed E-state index contributed by atoms with van der Waals surface area (Å²) < 4.78 is 0.